The van der Waals surface area contributed by atoms with Crippen molar-refractivity contribution in [3.8, 4) is 0 Å². The Hall–Kier alpha value is -2.14. The lowest BCUT2D eigenvalue weighted by atomic mass is 10.2. The number of thiophene rings is 1. The number of amides is 2. The molecule has 1 N–H and O–H groups in total. The summed E-state index contributed by atoms with van der Waals surface area (Å²) in [6.07, 6.45) is 1.90. The first-order chi connectivity index (χ1) is 10.6. The van der Waals surface area contributed by atoms with Crippen LogP contribution in [0.25, 0.3) is 0 Å². The van der Waals surface area contributed by atoms with Gasteiger partial charge in [0.2, 0.25) is 11.8 Å². The van der Waals surface area contributed by atoms with Crippen molar-refractivity contribution in [2.24, 2.45) is 0 Å². The fourth-order valence-corrected chi connectivity index (χ4v) is 3.41. The van der Waals surface area contributed by atoms with E-state index in [-0.39, 0.29) is 17.9 Å². The third-order valence-electron chi connectivity index (χ3n) is 3.83. The number of hydrogen-bond donors (Lipinski definition) is 1. The molecule has 0 saturated carbocycles. The molecule has 0 spiro atoms. The highest BCUT2D eigenvalue weighted by Gasteiger charge is 2.28. The van der Waals surface area contributed by atoms with Gasteiger partial charge in [-0.3, -0.25) is 9.59 Å². The van der Waals surface area contributed by atoms with E-state index in [0.29, 0.717) is 12.8 Å². The first-order valence-corrected chi connectivity index (χ1v) is 8.26. The summed E-state index contributed by atoms with van der Waals surface area (Å²) in [6.45, 7) is 2.06. The molecule has 4 nitrogen and oxygen atoms in total. The van der Waals surface area contributed by atoms with E-state index in [0.717, 1.165) is 22.7 Å². The van der Waals surface area contributed by atoms with Gasteiger partial charge >= 0.3 is 0 Å². The van der Waals surface area contributed by atoms with Crippen molar-refractivity contribution in [1.82, 2.24) is 0 Å². The monoisotopic (exact) mass is 314 g/mol. The van der Waals surface area contributed by atoms with Crippen molar-refractivity contribution in [3.05, 3.63) is 46.7 Å². The highest BCUT2D eigenvalue weighted by atomic mass is 32.1. The van der Waals surface area contributed by atoms with Crippen LogP contribution in [0, 0.1) is 0 Å². The van der Waals surface area contributed by atoms with Crippen LogP contribution in [0.4, 0.5) is 11.4 Å². The van der Waals surface area contributed by atoms with Crippen LogP contribution >= 0.6 is 11.3 Å². The van der Waals surface area contributed by atoms with Crippen molar-refractivity contribution >= 4 is 34.5 Å². The zero-order chi connectivity index (χ0) is 15.5. The van der Waals surface area contributed by atoms with E-state index < -0.39 is 0 Å². The topological polar surface area (TPSA) is 49.4 Å². The molecule has 1 atom stereocenters. The molecule has 114 valence electrons. The van der Waals surface area contributed by atoms with Gasteiger partial charge in [0, 0.05) is 28.7 Å². The first kappa shape index (κ1) is 14.8. The minimum atomic E-state index is -0.0270. The number of hydrogen-bond acceptors (Lipinski definition) is 3. The molecule has 1 aromatic carbocycles. The summed E-state index contributed by atoms with van der Waals surface area (Å²) in [6, 6.07) is 11.6. The van der Waals surface area contributed by atoms with Gasteiger partial charge in [-0.05, 0) is 49.1 Å². The van der Waals surface area contributed by atoms with Gasteiger partial charge < -0.3 is 10.2 Å². The number of carbonyl (C=O) groups is 2. The molecule has 1 fully saturated rings. The number of nitrogens with zero attached hydrogens (tertiary/aromatic N) is 1. The quantitative estimate of drug-likeness (QED) is 0.939. The van der Waals surface area contributed by atoms with Crippen LogP contribution in [0.2, 0.25) is 0 Å². The maximum atomic E-state index is 12.0. The van der Waals surface area contributed by atoms with E-state index in [1.165, 1.54) is 0 Å². The average molecular weight is 314 g/mol. The molecule has 2 aromatic rings. The zero-order valence-corrected chi connectivity index (χ0v) is 13.2. The number of benzene rings is 1. The van der Waals surface area contributed by atoms with E-state index in [2.05, 4.69) is 12.2 Å². The van der Waals surface area contributed by atoms with Gasteiger partial charge in [0.15, 0.2) is 0 Å². The van der Waals surface area contributed by atoms with Crippen molar-refractivity contribution in [1.29, 1.82) is 0 Å². The number of carbonyl (C=O) groups excluding carboxylic acids is 2. The van der Waals surface area contributed by atoms with E-state index in [4.69, 9.17) is 0 Å². The lowest BCUT2D eigenvalue weighted by Gasteiger charge is -2.21. The molecule has 0 aliphatic carbocycles. The molecule has 0 bridgehead atoms. The molecule has 5 heteroatoms. The summed E-state index contributed by atoms with van der Waals surface area (Å²) in [7, 11) is 0. The van der Waals surface area contributed by atoms with Crippen LogP contribution in [-0.2, 0) is 16.0 Å². The first-order valence-electron chi connectivity index (χ1n) is 7.38. The molecular formula is C17H18N2O2S. The molecule has 1 saturated heterocycles. The molecule has 1 aliphatic rings. The van der Waals surface area contributed by atoms with Crippen LogP contribution in [0.5, 0.6) is 0 Å². The van der Waals surface area contributed by atoms with Crippen LogP contribution < -0.4 is 10.2 Å². The summed E-state index contributed by atoms with van der Waals surface area (Å²) >= 11 is 1.58. The van der Waals surface area contributed by atoms with E-state index in [1.807, 2.05) is 46.7 Å². The van der Waals surface area contributed by atoms with Crippen molar-refractivity contribution < 1.29 is 9.59 Å². The van der Waals surface area contributed by atoms with E-state index in [1.54, 1.807) is 11.3 Å². The summed E-state index contributed by atoms with van der Waals surface area (Å²) in [5, 5.41) is 4.85. The minimum Gasteiger partial charge on any atom is -0.326 e. The largest absolute Gasteiger partial charge is 0.326 e. The smallest absolute Gasteiger partial charge is 0.229 e. The van der Waals surface area contributed by atoms with Gasteiger partial charge in [0.25, 0.3) is 0 Å². The van der Waals surface area contributed by atoms with E-state index >= 15 is 0 Å². The second-order valence-corrected chi connectivity index (χ2v) is 6.53. The Morgan fingerprint density at radius 2 is 2.09 bits per heavy atom. The van der Waals surface area contributed by atoms with Crippen LogP contribution in [0.3, 0.4) is 0 Å². The summed E-state index contributed by atoms with van der Waals surface area (Å²) < 4.78 is 0. The standard InChI is InChI=1S/C17H18N2O2S/c1-12-4-9-17(21)19(12)14-7-5-13(6-8-14)18-16(20)11-15-3-2-10-22-15/h2-3,5-8,10,12H,4,9,11H2,1H3,(H,18,20). The molecule has 0 radical (unpaired) electrons. The maximum absolute atomic E-state index is 12.0. The lowest BCUT2D eigenvalue weighted by molar-refractivity contribution is -0.117. The highest BCUT2D eigenvalue weighted by Crippen LogP contribution is 2.27. The SMILES string of the molecule is CC1CCC(=O)N1c1ccc(NC(=O)Cc2cccs2)cc1. The van der Waals surface area contributed by atoms with Gasteiger partial charge in [-0.1, -0.05) is 6.07 Å². The Morgan fingerprint density at radius 3 is 2.68 bits per heavy atom. The van der Waals surface area contributed by atoms with Gasteiger partial charge in [0.1, 0.15) is 0 Å². The number of nitrogens with one attached hydrogen (secondary N) is 1. The Labute approximate surface area is 133 Å². The maximum Gasteiger partial charge on any atom is 0.229 e. The van der Waals surface area contributed by atoms with E-state index in [9.17, 15) is 9.59 Å². The highest BCUT2D eigenvalue weighted by molar-refractivity contribution is 7.10. The Bertz CT molecular complexity index is 664. The molecule has 1 unspecified atom stereocenters. The second-order valence-electron chi connectivity index (χ2n) is 5.50. The van der Waals surface area contributed by atoms with Crippen LogP contribution in [0.1, 0.15) is 24.6 Å². The Morgan fingerprint density at radius 1 is 1.32 bits per heavy atom. The predicted octanol–water partition coefficient (Wildman–Crippen LogP) is 3.44. The molecule has 1 aliphatic heterocycles. The lowest BCUT2D eigenvalue weighted by Crippen LogP contribution is -2.30. The van der Waals surface area contributed by atoms with Gasteiger partial charge in [-0.25, -0.2) is 0 Å². The summed E-state index contributed by atoms with van der Waals surface area (Å²) in [5.74, 6) is 0.141. The van der Waals surface area contributed by atoms with Crippen molar-refractivity contribution in [2.45, 2.75) is 32.2 Å². The van der Waals surface area contributed by atoms with Crippen molar-refractivity contribution in [3.63, 3.8) is 0 Å². The van der Waals surface area contributed by atoms with Crippen LogP contribution in [-0.4, -0.2) is 17.9 Å². The molecule has 1 aromatic heterocycles. The molecule has 2 heterocycles. The zero-order valence-electron chi connectivity index (χ0n) is 12.4. The third-order valence-corrected chi connectivity index (χ3v) is 4.71. The fourth-order valence-electron chi connectivity index (χ4n) is 2.71. The van der Waals surface area contributed by atoms with Crippen LogP contribution in [0.15, 0.2) is 41.8 Å². The number of rotatable bonds is 4. The third kappa shape index (κ3) is 3.20. The summed E-state index contributed by atoms with van der Waals surface area (Å²) in [4.78, 5) is 26.7. The summed E-state index contributed by atoms with van der Waals surface area (Å²) in [5.41, 5.74) is 1.65. The Balaban J connectivity index is 1.64. The van der Waals surface area contributed by atoms with Crippen molar-refractivity contribution in [2.75, 3.05) is 10.2 Å². The number of anilines is 2. The normalized spacial score (nSPS) is 17.8. The van der Waals surface area contributed by atoms with Gasteiger partial charge in [0.05, 0.1) is 6.42 Å². The predicted molar refractivity (Wildman–Crippen MR) is 89.3 cm³/mol. The minimum absolute atomic E-state index is 0.0270. The Kier molecular flexibility index (Phi) is 4.24. The van der Waals surface area contributed by atoms with Gasteiger partial charge in [-0.15, -0.1) is 11.3 Å². The average Bonchev–Trinajstić information content (AvgIpc) is 3.10. The van der Waals surface area contributed by atoms with Gasteiger partial charge in [-0.2, -0.15) is 0 Å². The molecular weight excluding hydrogens is 296 g/mol. The molecule has 2 amide bonds. The molecule has 3 rings (SSSR count). The fraction of sp³-hybridized carbons (Fsp3) is 0.294. The second kappa shape index (κ2) is 6.32. The molecule has 22 heavy (non-hydrogen) atoms.